The smallest absolute Gasteiger partial charge is 0.490 e. The molecule has 39 heavy (non-hydrogen) atoms. The molecule has 0 aliphatic heterocycles. The molecular weight excluding hydrogens is 539 g/mol. The molecule has 0 saturated carbocycles. The number of alkyl halides is 3. The minimum Gasteiger partial charge on any atom is -0.496 e. The summed E-state index contributed by atoms with van der Waals surface area (Å²) in [4.78, 5) is 20.8. The number of anilines is 2. The summed E-state index contributed by atoms with van der Waals surface area (Å²) in [7, 11) is -1.72. The minimum atomic E-state index is -5.08. The third-order valence-corrected chi connectivity index (χ3v) is 5.87. The first-order valence-corrected chi connectivity index (χ1v) is 13.3. The first kappa shape index (κ1) is 31.4. The summed E-state index contributed by atoms with van der Waals surface area (Å²) in [5.74, 6) is -2.30. The van der Waals surface area contributed by atoms with Gasteiger partial charge in [0.25, 0.3) is 0 Å². The minimum absolute atomic E-state index is 0.105. The first-order chi connectivity index (χ1) is 17.9. The lowest BCUT2D eigenvalue weighted by molar-refractivity contribution is -0.192. The average molecular weight is 570 g/mol. The van der Waals surface area contributed by atoms with E-state index in [-0.39, 0.29) is 17.9 Å². The van der Waals surface area contributed by atoms with E-state index in [1.54, 1.807) is 19.2 Å². The maximum absolute atomic E-state index is 11.9. The third-order valence-electron chi connectivity index (χ3n) is 5.27. The Morgan fingerprint density at radius 3 is 2.03 bits per heavy atom. The van der Waals surface area contributed by atoms with Crippen LogP contribution in [0.15, 0.2) is 48.5 Å². The maximum Gasteiger partial charge on any atom is 0.490 e. The van der Waals surface area contributed by atoms with Crippen molar-refractivity contribution in [1.82, 2.24) is 0 Å². The Hall–Kier alpha value is -3.84. The fourth-order valence-electron chi connectivity index (χ4n) is 3.60. The molecule has 0 heterocycles. The van der Waals surface area contributed by atoms with E-state index in [0.717, 1.165) is 39.5 Å². The van der Waals surface area contributed by atoms with Crippen LogP contribution in [0.25, 0.3) is 21.9 Å². The van der Waals surface area contributed by atoms with Gasteiger partial charge < -0.3 is 20.9 Å². The molecule has 0 unspecified atom stereocenters. The summed E-state index contributed by atoms with van der Waals surface area (Å²) in [6, 6.07) is 15.1. The molecule has 0 aromatic heterocycles. The van der Waals surface area contributed by atoms with Gasteiger partial charge in [-0.15, -0.1) is 0 Å². The molecule has 0 saturated heterocycles. The van der Waals surface area contributed by atoms with Crippen LogP contribution in [0.2, 0.25) is 0 Å². The lowest BCUT2D eigenvalue weighted by Crippen LogP contribution is -2.22. The highest BCUT2D eigenvalue weighted by atomic mass is 32.2. The van der Waals surface area contributed by atoms with Crippen LogP contribution in [0.5, 0.6) is 5.75 Å². The summed E-state index contributed by atoms with van der Waals surface area (Å²) in [6.45, 7) is 6.14. The molecule has 3 aromatic rings. The van der Waals surface area contributed by atoms with E-state index in [4.69, 9.17) is 20.4 Å². The Balaban J connectivity index is 0.000000673. The van der Waals surface area contributed by atoms with E-state index in [1.807, 2.05) is 36.4 Å². The van der Waals surface area contributed by atoms with Crippen LogP contribution in [0.3, 0.4) is 0 Å². The van der Waals surface area contributed by atoms with Gasteiger partial charge in [-0.1, -0.05) is 39.0 Å². The van der Waals surface area contributed by atoms with Crippen LogP contribution in [0.1, 0.15) is 26.3 Å². The van der Waals surface area contributed by atoms with Crippen molar-refractivity contribution in [3.05, 3.63) is 54.1 Å². The number of rotatable bonds is 6. The summed E-state index contributed by atoms with van der Waals surface area (Å²) in [5, 5.41) is 11.8. The second-order valence-electron chi connectivity index (χ2n) is 9.56. The van der Waals surface area contributed by atoms with E-state index in [0.29, 0.717) is 11.4 Å². The Labute approximate surface area is 224 Å². The van der Waals surface area contributed by atoms with Gasteiger partial charge in [0.1, 0.15) is 5.75 Å². The number of sulfonamides is 1. The van der Waals surface area contributed by atoms with Crippen molar-refractivity contribution in [2.45, 2.75) is 32.4 Å². The summed E-state index contributed by atoms with van der Waals surface area (Å²) >= 11 is 0. The number of carboxylic acids is 1. The number of carbonyl (C=O) groups is 2. The second-order valence-corrected chi connectivity index (χ2v) is 11.3. The molecule has 9 nitrogen and oxygen atoms in total. The van der Waals surface area contributed by atoms with Crippen LogP contribution < -0.4 is 20.5 Å². The first-order valence-electron chi connectivity index (χ1n) is 11.4. The van der Waals surface area contributed by atoms with Crippen LogP contribution in [-0.2, 0) is 25.0 Å². The molecule has 3 rings (SSSR count). The molecule has 0 spiro atoms. The van der Waals surface area contributed by atoms with Crippen LogP contribution >= 0.6 is 0 Å². The van der Waals surface area contributed by atoms with Gasteiger partial charge in [0.05, 0.1) is 19.9 Å². The van der Waals surface area contributed by atoms with Crippen LogP contribution in [0, 0.1) is 0 Å². The Morgan fingerprint density at radius 1 is 0.974 bits per heavy atom. The fourth-order valence-corrected chi connectivity index (χ4v) is 4.15. The number of amides is 1. The van der Waals surface area contributed by atoms with E-state index in [1.165, 1.54) is 0 Å². The summed E-state index contributed by atoms with van der Waals surface area (Å²) in [5.41, 5.74) is 9.11. The predicted octanol–water partition coefficient (Wildman–Crippen LogP) is 4.71. The molecule has 13 heteroatoms. The van der Waals surface area contributed by atoms with Crippen molar-refractivity contribution in [3.8, 4) is 16.9 Å². The molecule has 212 valence electrons. The van der Waals surface area contributed by atoms with Gasteiger partial charge in [0, 0.05) is 22.5 Å². The van der Waals surface area contributed by atoms with Crippen molar-refractivity contribution in [2.24, 2.45) is 5.73 Å². The van der Waals surface area contributed by atoms with Gasteiger partial charge >= 0.3 is 12.1 Å². The molecule has 0 aliphatic carbocycles. The normalized spacial score (nSPS) is 11.8. The topological polar surface area (TPSA) is 148 Å². The van der Waals surface area contributed by atoms with Crippen molar-refractivity contribution in [3.63, 3.8) is 0 Å². The number of carbonyl (C=O) groups excluding carboxylic acids is 1. The molecule has 0 atom stereocenters. The number of ether oxygens (including phenoxy) is 1. The largest absolute Gasteiger partial charge is 0.496 e. The number of hydrogen-bond donors (Lipinski definition) is 4. The van der Waals surface area contributed by atoms with Crippen molar-refractivity contribution in [1.29, 1.82) is 0 Å². The van der Waals surface area contributed by atoms with Gasteiger partial charge in [0.15, 0.2) is 0 Å². The lowest BCUT2D eigenvalue weighted by atomic mass is 9.83. The van der Waals surface area contributed by atoms with E-state index < -0.39 is 22.2 Å². The van der Waals surface area contributed by atoms with Crippen molar-refractivity contribution >= 4 is 44.0 Å². The Kier molecular flexibility index (Phi) is 9.58. The number of methoxy groups -OCH3 is 1. The molecule has 0 fully saturated rings. The molecule has 5 N–H and O–H groups in total. The summed E-state index contributed by atoms with van der Waals surface area (Å²) in [6.07, 6.45) is -3.96. The van der Waals surface area contributed by atoms with Crippen molar-refractivity contribution in [2.75, 3.05) is 29.9 Å². The number of carboxylic acid groups (broad SMARTS) is 1. The highest BCUT2D eigenvalue weighted by Gasteiger charge is 2.38. The van der Waals surface area contributed by atoms with Gasteiger partial charge in [0.2, 0.25) is 15.9 Å². The second kappa shape index (κ2) is 11.9. The number of nitrogens with two attached hydrogens (primary N) is 1. The van der Waals surface area contributed by atoms with Gasteiger partial charge in [-0.3, -0.25) is 9.52 Å². The fraction of sp³-hybridized carbons (Fsp3) is 0.308. The van der Waals surface area contributed by atoms with Gasteiger partial charge in [-0.2, -0.15) is 13.2 Å². The number of hydrogen-bond acceptors (Lipinski definition) is 6. The van der Waals surface area contributed by atoms with Crippen LogP contribution in [0.4, 0.5) is 24.5 Å². The van der Waals surface area contributed by atoms with Crippen molar-refractivity contribution < 1.29 is 41.0 Å². The van der Waals surface area contributed by atoms with Gasteiger partial charge in [-0.25, -0.2) is 13.2 Å². The maximum atomic E-state index is 11.9. The molecule has 0 bridgehead atoms. The predicted molar refractivity (Wildman–Crippen MR) is 144 cm³/mol. The zero-order valence-corrected chi connectivity index (χ0v) is 22.8. The number of benzene rings is 3. The van der Waals surface area contributed by atoms with Crippen LogP contribution in [-0.4, -0.2) is 51.5 Å². The van der Waals surface area contributed by atoms with Gasteiger partial charge in [-0.05, 0) is 52.1 Å². The Bertz CT molecular complexity index is 1480. The number of halogens is 3. The monoisotopic (exact) mass is 569 g/mol. The SMILES string of the molecule is COc1c(-c2ccc3cc(NS(C)(=O)=O)ccc3c2)cc(NC(=O)CN)cc1C(C)(C)C.O=C(O)C(F)(F)F. The molecule has 1 amide bonds. The highest BCUT2D eigenvalue weighted by molar-refractivity contribution is 7.92. The van der Waals surface area contributed by atoms with E-state index in [2.05, 4.69) is 30.8 Å². The highest BCUT2D eigenvalue weighted by Crippen LogP contribution is 2.42. The third kappa shape index (κ3) is 8.86. The zero-order valence-electron chi connectivity index (χ0n) is 21.9. The average Bonchev–Trinajstić information content (AvgIpc) is 2.81. The number of aliphatic carboxylic acids is 1. The molecule has 3 aromatic carbocycles. The van der Waals surface area contributed by atoms with E-state index >= 15 is 0 Å². The lowest BCUT2D eigenvalue weighted by Gasteiger charge is -2.25. The zero-order chi connectivity index (χ0) is 29.8. The number of nitrogens with one attached hydrogen (secondary N) is 2. The summed E-state index contributed by atoms with van der Waals surface area (Å²) < 4.78 is 63.1. The molecule has 0 aliphatic rings. The number of fused-ring (bicyclic) bond motifs is 1. The van der Waals surface area contributed by atoms with E-state index in [9.17, 15) is 26.4 Å². The quantitative estimate of drug-likeness (QED) is 0.336. The molecule has 0 radical (unpaired) electrons. The Morgan fingerprint density at radius 2 is 1.54 bits per heavy atom. The standard InChI is InChI=1S/C24H29N3O4S.C2HF3O2/c1-24(2,3)21-13-19(26-22(28)14-25)12-20(23(21)31-4)17-7-6-16-11-18(27-32(5,29)30)9-8-15(16)10-17;3-2(4,5)1(6)7/h6-13,27H,14,25H2,1-5H3,(H,26,28);(H,6,7). The molecular formula is C26H30F3N3O6S.